The van der Waals surface area contributed by atoms with Gasteiger partial charge < -0.3 is 15.7 Å². The summed E-state index contributed by atoms with van der Waals surface area (Å²) >= 11 is 0. The van der Waals surface area contributed by atoms with Gasteiger partial charge in [0, 0.05) is 12.0 Å². The number of carbonyl (C=O) groups excluding carboxylic acids is 1. The highest BCUT2D eigenvalue weighted by molar-refractivity contribution is 5.78. The summed E-state index contributed by atoms with van der Waals surface area (Å²) in [6.07, 6.45) is 1.11. The summed E-state index contributed by atoms with van der Waals surface area (Å²) in [7, 11) is 1.83. The number of rotatable bonds is 7. The first-order valence-electron chi connectivity index (χ1n) is 5.05. The molecule has 0 rings (SSSR count). The summed E-state index contributed by atoms with van der Waals surface area (Å²) in [5.74, 6) is -1.01. The van der Waals surface area contributed by atoms with Crippen LogP contribution in [-0.4, -0.2) is 36.1 Å². The standard InChI is InChI=1S/C10H20N2O3/c1-10(2,7-9(14)15)12-8(13)5-4-6-11-3/h11H,4-7H2,1-3H3,(H,12,13)(H,14,15). The largest absolute Gasteiger partial charge is 0.481 e. The quantitative estimate of drug-likeness (QED) is 0.537. The maximum Gasteiger partial charge on any atom is 0.305 e. The molecule has 0 fully saturated rings. The summed E-state index contributed by atoms with van der Waals surface area (Å²) in [6, 6.07) is 0. The molecule has 0 spiro atoms. The summed E-state index contributed by atoms with van der Waals surface area (Å²) in [4.78, 5) is 21.9. The van der Waals surface area contributed by atoms with Gasteiger partial charge in [0.05, 0.1) is 6.42 Å². The van der Waals surface area contributed by atoms with Gasteiger partial charge in [-0.05, 0) is 33.9 Å². The van der Waals surface area contributed by atoms with Crippen LogP contribution < -0.4 is 10.6 Å². The molecule has 0 saturated heterocycles. The average Bonchev–Trinajstić information content (AvgIpc) is 2.00. The zero-order chi connectivity index (χ0) is 11.9. The van der Waals surface area contributed by atoms with E-state index in [4.69, 9.17) is 5.11 Å². The molecule has 1 amide bonds. The van der Waals surface area contributed by atoms with E-state index in [1.165, 1.54) is 0 Å². The summed E-state index contributed by atoms with van der Waals surface area (Å²) < 4.78 is 0. The Labute approximate surface area is 90.2 Å². The Balaban J connectivity index is 3.88. The fourth-order valence-corrected chi connectivity index (χ4v) is 1.29. The molecule has 0 bridgehead atoms. The lowest BCUT2D eigenvalue weighted by atomic mass is 10.0. The molecule has 0 heterocycles. The Bertz CT molecular complexity index is 227. The number of carboxylic acids is 1. The van der Waals surface area contributed by atoms with Crippen LogP contribution in [0.2, 0.25) is 0 Å². The second kappa shape index (κ2) is 6.40. The minimum atomic E-state index is -0.907. The summed E-state index contributed by atoms with van der Waals surface area (Å²) in [5.41, 5.74) is -0.678. The minimum absolute atomic E-state index is 0.0647. The van der Waals surface area contributed by atoms with Gasteiger partial charge in [0.1, 0.15) is 0 Å². The average molecular weight is 216 g/mol. The molecular weight excluding hydrogens is 196 g/mol. The van der Waals surface area contributed by atoms with Gasteiger partial charge >= 0.3 is 5.97 Å². The van der Waals surface area contributed by atoms with E-state index in [0.29, 0.717) is 6.42 Å². The van der Waals surface area contributed by atoms with Crippen molar-refractivity contribution in [3.63, 3.8) is 0 Å². The van der Waals surface area contributed by atoms with E-state index in [1.54, 1.807) is 13.8 Å². The van der Waals surface area contributed by atoms with E-state index in [2.05, 4.69) is 10.6 Å². The highest BCUT2D eigenvalue weighted by Gasteiger charge is 2.23. The number of hydrogen-bond donors (Lipinski definition) is 3. The van der Waals surface area contributed by atoms with Crippen LogP contribution in [-0.2, 0) is 9.59 Å². The molecule has 0 aromatic heterocycles. The summed E-state index contributed by atoms with van der Waals surface area (Å²) in [6.45, 7) is 4.20. The molecule has 0 aromatic carbocycles. The van der Waals surface area contributed by atoms with Crippen molar-refractivity contribution in [3.05, 3.63) is 0 Å². The first-order chi connectivity index (χ1) is 6.87. The second-order valence-electron chi connectivity index (χ2n) is 4.21. The van der Waals surface area contributed by atoms with Crippen LogP contribution in [0.1, 0.15) is 33.1 Å². The molecule has 0 aliphatic carbocycles. The Morgan fingerprint density at radius 1 is 1.33 bits per heavy atom. The molecule has 5 nitrogen and oxygen atoms in total. The van der Waals surface area contributed by atoms with E-state index in [0.717, 1.165) is 13.0 Å². The maximum atomic E-state index is 11.4. The van der Waals surface area contributed by atoms with Gasteiger partial charge in [0.15, 0.2) is 0 Å². The number of carbonyl (C=O) groups is 2. The van der Waals surface area contributed by atoms with E-state index in [9.17, 15) is 9.59 Å². The third-order valence-corrected chi connectivity index (χ3v) is 1.90. The molecule has 3 N–H and O–H groups in total. The van der Waals surface area contributed by atoms with Crippen molar-refractivity contribution in [2.75, 3.05) is 13.6 Å². The van der Waals surface area contributed by atoms with Crippen LogP contribution in [0, 0.1) is 0 Å². The molecule has 15 heavy (non-hydrogen) atoms. The zero-order valence-electron chi connectivity index (χ0n) is 9.59. The SMILES string of the molecule is CNCCCC(=O)NC(C)(C)CC(=O)O. The molecule has 0 unspecified atom stereocenters. The number of nitrogens with one attached hydrogen (secondary N) is 2. The van der Waals surface area contributed by atoms with Crippen molar-refractivity contribution in [3.8, 4) is 0 Å². The first kappa shape index (κ1) is 13.9. The van der Waals surface area contributed by atoms with Crippen molar-refractivity contribution < 1.29 is 14.7 Å². The van der Waals surface area contributed by atoms with Crippen molar-refractivity contribution in [2.45, 2.75) is 38.6 Å². The van der Waals surface area contributed by atoms with Gasteiger partial charge in [-0.15, -0.1) is 0 Å². The highest BCUT2D eigenvalue weighted by Crippen LogP contribution is 2.08. The van der Waals surface area contributed by atoms with E-state index >= 15 is 0 Å². The minimum Gasteiger partial charge on any atom is -0.481 e. The van der Waals surface area contributed by atoms with Crippen molar-refractivity contribution in [1.82, 2.24) is 10.6 Å². The van der Waals surface area contributed by atoms with Gasteiger partial charge in [-0.2, -0.15) is 0 Å². The van der Waals surface area contributed by atoms with Crippen LogP contribution in [0.25, 0.3) is 0 Å². The predicted molar refractivity (Wildman–Crippen MR) is 57.6 cm³/mol. The monoisotopic (exact) mass is 216 g/mol. The van der Waals surface area contributed by atoms with Crippen LogP contribution in [0.4, 0.5) is 0 Å². The number of aliphatic carboxylic acids is 1. The lowest BCUT2D eigenvalue weighted by molar-refractivity contribution is -0.138. The van der Waals surface area contributed by atoms with Gasteiger partial charge in [0.25, 0.3) is 0 Å². The third kappa shape index (κ3) is 7.93. The smallest absolute Gasteiger partial charge is 0.305 e. The van der Waals surface area contributed by atoms with Crippen molar-refractivity contribution in [1.29, 1.82) is 0 Å². The lowest BCUT2D eigenvalue weighted by Crippen LogP contribution is -2.45. The van der Waals surface area contributed by atoms with E-state index in [1.807, 2.05) is 7.05 Å². The first-order valence-corrected chi connectivity index (χ1v) is 5.05. The topological polar surface area (TPSA) is 78.4 Å². The highest BCUT2D eigenvalue weighted by atomic mass is 16.4. The second-order valence-corrected chi connectivity index (χ2v) is 4.21. The molecule has 0 atom stereocenters. The molecule has 0 aliphatic rings. The normalized spacial score (nSPS) is 11.1. The molecule has 88 valence electrons. The van der Waals surface area contributed by atoms with E-state index < -0.39 is 11.5 Å². The van der Waals surface area contributed by atoms with Crippen LogP contribution in [0.15, 0.2) is 0 Å². The fourth-order valence-electron chi connectivity index (χ4n) is 1.29. The Morgan fingerprint density at radius 3 is 2.40 bits per heavy atom. The van der Waals surface area contributed by atoms with Gasteiger partial charge in [0.2, 0.25) is 5.91 Å². The van der Waals surface area contributed by atoms with Crippen LogP contribution >= 0.6 is 0 Å². The molecule has 0 aromatic rings. The molecule has 0 saturated carbocycles. The van der Waals surface area contributed by atoms with Crippen molar-refractivity contribution in [2.24, 2.45) is 0 Å². The third-order valence-electron chi connectivity index (χ3n) is 1.90. The molecule has 0 radical (unpaired) electrons. The van der Waals surface area contributed by atoms with Crippen LogP contribution in [0.3, 0.4) is 0 Å². The van der Waals surface area contributed by atoms with Crippen molar-refractivity contribution >= 4 is 11.9 Å². The van der Waals surface area contributed by atoms with Gasteiger partial charge in [-0.25, -0.2) is 0 Å². The lowest BCUT2D eigenvalue weighted by Gasteiger charge is -2.24. The fraction of sp³-hybridized carbons (Fsp3) is 0.800. The predicted octanol–water partition coefficient (Wildman–Crippen LogP) is 0.355. The Hall–Kier alpha value is -1.10. The molecular formula is C10H20N2O3. The summed E-state index contributed by atoms with van der Waals surface area (Å²) in [5, 5.41) is 14.3. The van der Waals surface area contributed by atoms with E-state index in [-0.39, 0.29) is 12.3 Å². The van der Waals surface area contributed by atoms with Gasteiger partial charge in [-0.3, -0.25) is 9.59 Å². The number of amides is 1. The number of carboxylic acid groups (broad SMARTS) is 1. The maximum absolute atomic E-state index is 11.4. The van der Waals surface area contributed by atoms with Gasteiger partial charge in [-0.1, -0.05) is 0 Å². The Kier molecular flexibility index (Phi) is 5.93. The van der Waals surface area contributed by atoms with Crippen LogP contribution in [0.5, 0.6) is 0 Å². The zero-order valence-corrected chi connectivity index (χ0v) is 9.59. The molecule has 5 heteroatoms. The Morgan fingerprint density at radius 2 is 1.93 bits per heavy atom. The molecule has 0 aliphatic heterocycles. The number of hydrogen-bond acceptors (Lipinski definition) is 3.